The third-order valence-corrected chi connectivity index (χ3v) is 4.67. The van der Waals surface area contributed by atoms with Gasteiger partial charge in [0.2, 0.25) is 5.82 Å². The Kier molecular flexibility index (Phi) is 3.61. The van der Waals surface area contributed by atoms with E-state index in [1.54, 1.807) is 0 Å². The van der Waals surface area contributed by atoms with Crippen LogP contribution in [0.4, 0.5) is 5.82 Å². The van der Waals surface area contributed by atoms with Gasteiger partial charge in [-0.3, -0.25) is 14.6 Å². The first kappa shape index (κ1) is 14.2. The maximum absolute atomic E-state index is 11.7. The predicted octanol–water partition coefficient (Wildman–Crippen LogP) is -2.46. The smallest absolute Gasteiger partial charge is 0.342 e. The van der Waals surface area contributed by atoms with E-state index in [9.17, 15) is 22.8 Å². The van der Waals surface area contributed by atoms with Crippen molar-refractivity contribution < 1.29 is 18.3 Å². The van der Waals surface area contributed by atoms with Crippen LogP contribution in [0.5, 0.6) is 0 Å². The number of carboxylic acids is 1. The van der Waals surface area contributed by atoms with Crippen LogP contribution >= 0.6 is 0 Å². The molecule has 1 aromatic heterocycles. The zero-order valence-electron chi connectivity index (χ0n) is 10.2. The number of carbonyl (C=O) groups is 1. The molecule has 1 aromatic rings. The predicted molar refractivity (Wildman–Crippen MR) is 67.5 cm³/mol. The number of anilines is 1. The lowest BCUT2D eigenvalue weighted by Crippen LogP contribution is -2.44. The lowest BCUT2D eigenvalue weighted by molar-refractivity contribution is -0.135. The molecule has 0 spiro atoms. The molecule has 2 heterocycles. The Morgan fingerprint density at radius 1 is 1.45 bits per heavy atom. The number of nitrogens with one attached hydrogen (secondary N) is 2. The Labute approximate surface area is 112 Å². The van der Waals surface area contributed by atoms with Gasteiger partial charge in [0.25, 0.3) is 5.56 Å². The number of hydrogen-bond acceptors (Lipinski definition) is 7. The monoisotopic (exact) mass is 304 g/mol. The normalized spacial score (nSPS) is 20.7. The van der Waals surface area contributed by atoms with Crippen LogP contribution in [-0.4, -0.2) is 58.8 Å². The Morgan fingerprint density at radius 3 is 2.65 bits per heavy atom. The molecular weight excluding hydrogens is 292 g/mol. The van der Waals surface area contributed by atoms with Crippen LogP contribution in [0, 0.1) is 0 Å². The summed E-state index contributed by atoms with van der Waals surface area (Å²) >= 11 is 0. The summed E-state index contributed by atoms with van der Waals surface area (Å²) in [5.74, 6) is -1.87. The molecule has 3 N–H and O–H groups in total. The molecule has 0 amide bonds. The molecule has 0 aromatic carbocycles. The van der Waals surface area contributed by atoms with Crippen LogP contribution < -0.4 is 16.1 Å². The van der Waals surface area contributed by atoms with Crippen LogP contribution in [0.25, 0.3) is 0 Å². The van der Waals surface area contributed by atoms with Crippen molar-refractivity contribution in [3.8, 4) is 0 Å². The fraction of sp³-hybridized carbons (Fsp3) is 0.556. The quantitative estimate of drug-likeness (QED) is 0.553. The van der Waals surface area contributed by atoms with Crippen LogP contribution in [0.15, 0.2) is 9.59 Å². The lowest BCUT2D eigenvalue weighted by Gasteiger charge is -2.25. The van der Waals surface area contributed by atoms with E-state index in [0.717, 1.165) is 4.90 Å². The van der Waals surface area contributed by atoms with Crippen LogP contribution in [0.3, 0.4) is 0 Å². The summed E-state index contributed by atoms with van der Waals surface area (Å²) in [5, 5.41) is 14.4. The first-order valence-corrected chi connectivity index (χ1v) is 7.48. The Hall–Kier alpha value is -2.17. The van der Waals surface area contributed by atoms with Crippen LogP contribution in [0.1, 0.15) is 6.42 Å². The number of hydrogen-bond donors (Lipinski definition) is 3. The van der Waals surface area contributed by atoms with E-state index in [1.807, 2.05) is 10.1 Å². The van der Waals surface area contributed by atoms with Gasteiger partial charge >= 0.3 is 11.7 Å². The molecule has 1 unspecified atom stereocenters. The van der Waals surface area contributed by atoms with Crippen molar-refractivity contribution in [3.63, 3.8) is 0 Å². The number of carboxylic acid groups (broad SMARTS) is 1. The number of nitrogens with zero attached hydrogens (tertiary/aromatic N) is 2. The number of H-pyrrole nitrogens is 2. The van der Waals surface area contributed by atoms with E-state index in [0.29, 0.717) is 0 Å². The molecule has 20 heavy (non-hydrogen) atoms. The third kappa shape index (κ3) is 3.04. The molecule has 11 heteroatoms. The molecule has 1 saturated heterocycles. The fourth-order valence-electron chi connectivity index (χ4n) is 2.08. The van der Waals surface area contributed by atoms with Crippen LogP contribution in [-0.2, 0) is 14.6 Å². The van der Waals surface area contributed by atoms with Gasteiger partial charge in [-0.25, -0.2) is 18.3 Å². The van der Waals surface area contributed by atoms with Gasteiger partial charge in [0, 0.05) is 6.04 Å². The van der Waals surface area contributed by atoms with Crippen LogP contribution in [0.2, 0.25) is 0 Å². The Balaban J connectivity index is 2.40. The summed E-state index contributed by atoms with van der Waals surface area (Å²) in [5.41, 5.74) is -1.69. The minimum Gasteiger partial charge on any atom is -0.480 e. The van der Waals surface area contributed by atoms with Crippen molar-refractivity contribution in [2.75, 3.05) is 23.0 Å². The lowest BCUT2D eigenvalue weighted by atomic mass is 10.2. The molecule has 1 aliphatic heterocycles. The summed E-state index contributed by atoms with van der Waals surface area (Å²) < 4.78 is 22.9. The zero-order valence-corrected chi connectivity index (χ0v) is 11.0. The highest BCUT2D eigenvalue weighted by molar-refractivity contribution is 7.91. The molecule has 10 nitrogen and oxygen atoms in total. The second-order valence-electron chi connectivity index (χ2n) is 4.41. The van der Waals surface area contributed by atoms with Crippen molar-refractivity contribution in [1.29, 1.82) is 0 Å². The summed E-state index contributed by atoms with van der Waals surface area (Å²) in [7, 11) is -3.25. The molecule has 0 radical (unpaired) electrons. The first-order valence-electron chi connectivity index (χ1n) is 5.66. The summed E-state index contributed by atoms with van der Waals surface area (Å²) in [6.07, 6.45) is 0.204. The zero-order chi connectivity index (χ0) is 14.9. The summed E-state index contributed by atoms with van der Waals surface area (Å²) in [6.45, 7) is -0.581. The number of aliphatic carboxylic acids is 1. The van der Waals surface area contributed by atoms with Gasteiger partial charge in [0.15, 0.2) is 9.84 Å². The van der Waals surface area contributed by atoms with Gasteiger partial charge in [0.05, 0.1) is 11.5 Å². The second-order valence-corrected chi connectivity index (χ2v) is 6.64. The highest BCUT2D eigenvalue weighted by Crippen LogP contribution is 2.20. The number of rotatable bonds is 4. The summed E-state index contributed by atoms with van der Waals surface area (Å²) in [6, 6.07) is -0.657. The molecular formula is C9H12N4O6S. The van der Waals surface area contributed by atoms with E-state index in [2.05, 4.69) is 5.10 Å². The molecule has 0 saturated carbocycles. The first-order chi connectivity index (χ1) is 9.28. The largest absolute Gasteiger partial charge is 0.480 e. The minimum absolute atomic E-state index is 0.0744. The van der Waals surface area contributed by atoms with Gasteiger partial charge in [0.1, 0.15) is 6.54 Å². The Morgan fingerprint density at radius 2 is 2.15 bits per heavy atom. The van der Waals surface area contributed by atoms with Crippen molar-refractivity contribution in [2.24, 2.45) is 0 Å². The molecule has 0 bridgehead atoms. The third-order valence-electron chi connectivity index (χ3n) is 2.92. The molecule has 1 atom stereocenters. The van der Waals surface area contributed by atoms with Crippen molar-refractivity contribution in [2.45, 2.75) is 12.5 Å². The van der Waals surface area contributed by atoms with Gasteiger partial charge in [-0.15, -0.1) is 5.10 Å². The molecule has 0 aliphatic carbocycles. The maximum Gasteiger partial charge on any atom is 0.342 e. The minimum atomic E-state index is -3.25. The van der Waals surface area contributed by atoms with Gasteiger partial charge < -0.3 is 10.0 Å². The van der Waals surface area contributed by atoms with E-state index >= 15 is 0 Å². The Bertz CT molecular complexity index is 735. The average Bonchev–Trinajstić information content (AvgIpc) is 2.67. The molecule has 1 fully saturated rings. The number of aromatic nitrogens is 3. The second kappa shape index (κ2) is 5.07. The molecule has 1 aliphatic rings. The topological polar surface area (TPSA) is 153 Å². The highest BCUT2D eigenvalue weighted by atomic mass is 32.2. The van der Waals surface area contributed by atoms with Crippen molar-refractivity contribution >= 4 is 21.6 Å². The van der Waals surface area contributed by atoms with E-state index in [4.69, 9.17) is 5.11 Å². The number of sulfone groups is 1. The van der Waals surface area contributed by atoms with Gasteiger partial charge in [-0.05, 0) is 6.42 Å². The van der Waals surface area contributed by atoms with Gasteiger partial charge in [-0.2, -0.15) is 0 Å². The average molecular weight is 304 g/mol. The molecule has 110 valence electrons. The van der Waals surface area contributed by atoms with Crippen molar-refractivity contribution in [3.05, 3.63) is 20.8 Å². The SMILES string of the molecule is O=C(O)CN(c1n[nH]c(=O)[nH]c1=O)C1CCS(=O)(=O)C1. The summed E-state index contributed by atoms with van der Waals surface area (Å²) in [4.78, 5) is 36.5. The van der Waals surface area contributed by atoms with Gasteiger partial charge in [-0.1, -0.05) is 0 Å². The van der Waals surface area contributed by atoms with E-state index in [1.165, 1.54) is 0 Å². The number of aromatic amines is 2. The highest BCUT2D eigenvalue weighted by Gasteiger charge is 2.35. The standard InChI is InChI=1S/C9H12N4O6S/c14-6(15)3-13(5-1-2-20(18,19)4-5)7-8(16)10-9(17)12-11-7/h5H,1-4H2,(H,14,15)(H2,10,12,16,17). The van der Waals surface area contributed by atoms with Crippen molar-refractivity contribution in [1.82, 2.24) is 15.2 Å². The van der Waals surface area contributed by atoms with E-state index in [-0.39, 0.29) is 23.7 Å². The van der Waals surface area contributed by atoms with E-state index < -0.39 is 39.6 Å². The maximum atomic E-state index is 11.7. The molecule has 2 rings (SSSR count). The fourth-order valence-corrected chi connectivity index (χ4v) is 3.81.